The molecule has 0 aromatic heterocycles. The van der Waals surface area contributed by atoms with Gasteiger partial charge in [-0.1, -0.05) is 192 Å². The van der Waals surface area contributed by atoms with Gasteiger partial charge in [-0.2, -0.15) is 0 Å². The second-order valence-corrected chi connectivity index (χ2v) is 41.1. The van der Waals surface area contributed by atoms with Gasteiger partial charge in [0.1, 0.15) is 74.0 Å². The maximum absolute atomic E-state index is 16.4. The van der Waals surface area contributed by atoms with Gasteiger partial charge in [0, 0.05) is 7.11 Å². The summed E-state index contributed by atoms with van der Waals surface area (Å²) in [6.45, 7) is 11.0. The van der Waals surface area contributed by atoms with Crippen molar-refractivity contribution in [2.45, 2.75) is 188 Å². The minimum Gasteiger partial charge on any atom is -0.459 e. The van der Waals surface area contributed by atoms with Crippen molar-refractivity contribution in [3.05, 3.63) is 357 Å². The molecular weight excluding hydrogens is 1830 g/mol. The van der Waals surface area contributed by atoms with Crippen LogP contribution in [0.2, 0.25) is 18.1 Å². The summed E-state index contributed by atoms with van der Waals surface area (Å²) in [6, 6.07) is 60.2. The number of fused-ring (bicyclic) bond motifs is 4. The van der Waals surface area contributed by atoms with E-state index in [2.05, 4.69) is 0 Å². The monoisotopic (exact) mass is 1930 g/mol. The third-order valence-corrected chi connectivity index (χ3v) is 31.4. The third-order valence-electron chi connectivity index (χ3n) is 26.9. The van der Waals surface area contributed by atoms with Crippen molar-refractivity contribution in [1.82, 2.24) is 19.6 Å². The molecule has 0 bridgehead atoms. The summed E-state index contributed by atoms with van der Waals surface area (Å²) >= 11 is 0. The normalized spacial score (nSPS) is 26.4. The highest BCUT2D eigenvalue weighted by Crippen LogP contribution is 2.48. The molecule has 4 fully saturated rings. The highest BCUT2D eigenvalue weighted by Gasteiger charge is 2.67. The number of nitrogens with zero attached hydrogens (tertiary/aromatic N) is 4. The van der Waals surface area contributed by atoms with Crippen molar-refractivity contribution in [2.75, 3.05) is 20.3 Å². The average Bonchev–Trinajstić information content (AvgIpc) is 1.69. The molecule has 20 atom stereocenters. The molecule has 10 aromatic rings. The molecule has 18 rings (SSSR count). The molecule has 8 amide bonds. The van der Waals surface area contributed by atoms with Crippen LogP contribution < -0.4 is 0 Å². The average molecular weight is 1930 g/mol. The second-order valence-electron chi connectivity index (χ2n) is 36.3. The van der Waals surface area contributed by atoms with E-state index in [4.69, 9.17) is 70.7 Å². The first-order chi connectivity index (χ1) is 68.1. The molecule has 4 saturated heterocycles. The van der Waals surface area contributed by atoms with Crippen LogP contribution in [0.25, 0.3) is 0 Å². The SMILES string of the molecule is CCC1O[C@H](OC)[C@H](N2C(=O)c3ccccc3C2=O)C(OC(=O)c2ccccc2)[C@H]1OC1OC(COC(=O)c2ccccc2)C(O[C@H]2OC(CC)[C@H](OC3OC(COC(=O)c4ccccc4)C(O[Si](C)(C)C(C)(C)C)[C@H](OC(=O)c4ccccc4)[C@@H]3N3C(=O)c4ccccc4C3=O)C(OC(=O)c3ccccc3)[C@H]2N2C(=O)c3ccccc3C2=O)[C@H](OC(=O)c2ccccc2)[C@@H]1N1C(=O)c2ccccc2C1=O. The Kier molecular flexibility index (Phi) is 27.9. The van der Waals surface area contributed by atoms with Gasteiger partial charge in [-0.15, -0.1) is 0 Å². The molecule has 33 nitrogen and oxygen atoms in total. The number of rotatable bonds is 29. The van der Waals surface area contributed by atoms with Crippen molar-refractivity contribution in [3.63, 3.8) is 0 Å². The van der Waals surface area contributed by atoms with E-state index in [1.807, 2.05) is 33.9 Å². The van der Waals surface area contributed by atoms with Crippen LogP contribution in [0.3, 0.4) is 0 Å². The van der Waals surface area contributed by atoms with E-state index in [9.17, 15) is 4.79 Å². The molecule has 8 heterocycles. The number of benzene rings is 10. The van der Waals surface area contributed by atoms with E-state index >= 15 is 62.3 Å². The zero-order valence-corrected chi connectivity index (χ0v) is 78.6. The fourth-order valence-corrected chi connectivity index (χ4v) is 20.2. The van der Waals surface area contributed by atoms with Crippen LogP contribution in [0, 0.1) is 0 Å². The molecule has 10 aromatic carbocycles. The summed E-state index contributed by atoms with van der Waals surface area (Å²) < 4.78 is 105. The largest absolute Gasteiger partial charge is 0.459 e. The number of esters is 6. The number of carbonyl (C=O) groups excluding carboxylic acids is 14. The van der Waals surface area contributed by atoms with Crippen LogP contribution >= 0.6 is 0 Å². The fraction of sp³-hybridized carbons (Fsp3) is 0.308. The van der Waals surface area contributed by atoms with E-state index in [-0.39, 0.29) is 90.7 Å². The van der Waals surface area contributed by atoms with Crippen molar-refractivity contribution < 1.29 is 138 Å². The van der Waals surface area contributed by atoms with Crippen LogP contribution in [0.5, 0.6) is 0 Å². The summed E-state index contributed by atoms with van der Waals surface area (Å²) in [5.74, 6) is -14.4. The lowest BCUT2D eigenvalue weighted by Gasteiger charge is -2.54. The maximum Gasteiger partial charge on any atom is 0.338 e. The van der Waals surface area contributed by atoms with Crippen LogP contribution in [0.4, 0.5) is 0 Å². The summed E-state index contributed by atoms with van der Waals surface area (Å²) in [7, 11) is -2.11. The first kappa shape index (κ1) is 96.7. The van der Waals surface area contributed by atoms with E-state index < -0.39 is 232 Å². The molecule has 10 unspecified atom stereocenters. The smallest absolute Gasteiger partial charge is 0.338 e. The van der Waals surface area contributed by atoms with Crippen molar-refractivity contribution in [3.8, 4) is 0 Å². The Morgan fingerprint density at radius 3 is 0.709 bits per heavy atom. The van der Waals surface area contributed by atoms with Gasteiger partial charge >= 0.3 is 35.8 Å². The highest BCUT2D eigenvalue weighted by molar-refractivity contribution is 6.74. The van der Waals surface area contributed by atoms with E-state index in [1.54, 1.807) is 98.8 Å². The topological polar surface area (TPSA) is 390 Å². The van der Waals surface area contributed by atoms with Gasteiger partial charge in [0.25, 0.3) is 47.3 Å². The molecule has 724 valence electrons. The van der Waals surface area contributed by atoms with Crippen LogP contribution in [-0.4, -0.2) is 254 Å². The third kappa shape index (κ3) is 18.7. The molecule has 0 spiro atoms. The van der Waals surface area contributed by atoms with Crippen LogP contribution in [0.1, 0.15) is 192 Å². The Bertz CT molecular complexity index is 6330. The molecule has 0 radical (unpaired) electrons. The number of hydrogen-bond donors (Lipinski definition) is 0. The van der Waals surface area contributed by atoms with Gasteiger partial charge in [0.2, 0.25) is 0 Å². The minimum absolute atomic E-state index is 0.0271. The molecule has 8 aliphatic heterocycles. The van der Waals surface area contributed by atoms with Gasteiger partial charge in [-0.3, -0.25) is 58.0 Å². The molecule has 0 N–H and O–H groups in total. The van der Waals surface area contributed by atoms with Crippen LogP contribution in [-0.2, 0) is 70.7 Å². The lowest BCUT2D eigenvalue weighted by molar-refractivity contribution is -0.367. The standard InChI is InChI=1S/C107H98N4O29Si/c1-9-73-81(85(133-99(122)61-41-21-13-22-42-61)77(103(126-6)129-73)108-89(112)65-49-29-30-50-66(65)90(108)113)137-105-79(110-93(116)69-53-33-34-54-70(69)94(110)117)87(135-101(124)63-45-25-15-26-46-63)83(75(131-105)57-127-97(120)59-37-17-11-18-38-59)139-104-78(109-91(114)67-51-31-32-52-68(67)92(109)115)86(134-100(123)62-43-23-14-24-44-62)82(74(10-2)130-104)138-106-80(111-95(118)71-55-35-36-56-72(71)96(111)119)88(136-102(125)64-47-27-16-28-48-64)84(140-141(7,8)107(3,4)5)76(132-106)58-128-98(121)60-39-19-12-20-40-60/h11-56,73-88,103-106H,9-10,57-58H2,1-8H3/t73?,74?,75?,76?,77-,78-,79+,80+,81+,82+,83?,84?,85?,86?,87-,88-,103+,104-,105?,106?/m1/s1. The van der Waals surface area contributed by atoms with Crippen molar-refractivity contribution in [2.24, 2.45) is 0 Å². The summed E-state index contributed by atoms with van der Waals surface area (Å²) in [5, 5.41) is -0.696. The van der Waals surface area contributed by atoms with Gasteiger partial charge in [-0.05, 0) is 152 Å². The van der Waals surface area contributed by atoms with Gasteiger partial charge in [-0.25, -0.2) is 28.8 Å². The van der Waals surface area contributed by atoms with Gasteiger partial charge in [0.15, 0.2) is 57.9 Å². The quantitative estimate of drug-likeness (QED) is 0.0182. The molecule has 0 saturated carbocycles. The predicted molar refractivity (Wildman–Crippen MR) is 498 cm³/mol. The number of carbonyl (C=O) groups is 14. The molecule has 0 aliphatic carbocycles. The van der Waals surface area contributed by atoms with E-state index in [0.717, 1.165) is 9.80 Å². The van der Waals surface area contributed by atoms with Gasteiger partial charge in [0.05, 0.1) is 90.1 Å². The number of methoxy groups -OCH3 is 1. The van der Waals surface area contributed by atoms with Gasteiger partial charge < -0.3 is 70.7 Å². The Labute approximate surface area is 810 Å². The Morgan fingerprint density at radius 2 is 0.475 bits per heavy atom. The Morgan fingerprint density at radius 1 is 0.277 bits per heavy atom. The Balaban J connectivity index is 0.840. The fourth-order valence-electron chi connectivity index (χ4n) is 18.9. The first-order valence-electron chi connectivity index (χ1n) is 46.2. The zero-order chi connectivity index (χ0) is 99.0. The zero-order valence-electron chi connectivity index (χ0n) is 77.6. The lowest BCUT2D eigenvalue weighted by Crippen LogP contribution is -2.73. The Hall–Kier alpha value is -14.6. The lowest BCUT2D eigenvalue weighted by atomic mass is 9.90. The number of hydrogen-bond acceptors (Lipinski definition) is 29. The minimum atomic E-state index is -3.34. The van der Waals surface area contributed by atoms with Crippen molar-refractivity contribution in [1.29, 1.82) is 0 Å². The first-order valence-corrected chi connectivity index (χ1v) is 49.1. The van der Waals surface area contributed by atoms with Crippen molar-refractivity contribution >= 4 is 91.4 Å². The summed E-state index contributed by atoms with van der Waals surface area (Å²) in [4.78, 5) is 223. The molecule has 141 heavy (non-hydrogen) atoms. The number of ether oxygens (including phenoxy) is 14. The maximum atomic E-state index is 16.4. The molecular formula is C107H98N4O29Si. The van der Waals surface area contributed by atoms with E-state index in [1.165, 1.54) is 201 Å². The summed E-state index contributed by atoms with van der Waals surface area (Å²) in [5.41, 5.74) is -1.59. The molecule has 34 heteroatoms. The predicted octanol–water partition coefficient (Wildman–Crippen LogP) is 13.2. The second kappa shape index (κ2) is 40.7. The summed E-state index contributed by atoms with van der Waals surface area (Å²) in [6.07, 6.45) is -32.3. The highest BCUT2D eigenvalue weighted by atomic mass is 28.4. The number of amides is 8. The van der Waals surface area contributed by atoms with E-state index in [0.29, 0.717) is 9.80 Å². The number of imide groups is 4. The molecule has 8 aliphatic rings. The van der Waals surface area contributed by atoms with Crippen LogP contribution in [0.15, 0.2) is 279 Å².